The van der Waals surface area contributed by atoms with Gasteiger partial charge in [0.15, 0.2) is 9.84 Å². The van der Waals surface area contributed by atoms with E-state index in [0.717, 1.165) is 18.4 Å². The summed E-state index contributed by atoms with van der Waals surface area (Å²) in [7, 11) is -3.13. The maximum absolute atomic E-state index is 13.4. The molecule has 156 valence electrons. The molecule has 0 saturated carbocycles. The second-order valence-corrected chi connectivity index (χ2v) is 9.95. The molecule has 1 aliphatic rings. The molecule has 1 aliphatic heterocycles. The van der Waals surface area contributed by atoms with Crippen LogP contribution in [-0.4, -0.2) is 43.4 Å². The predicted molar refractivity (Wildman–Crippen MR) is 115 cm³/mol. The van der Waals surface area contributed by atoms with Crippen molar-refractivity contribution >= 4 is 27.3 Å². The van der Waals surface area contributed by atoms with E-state index in [-0.39, 0.29) is 30.0 Å². The molecule has 1 saturated heterocycles. The van der Waals surface area contributed by atoms with Crippen molar-refractivity contribution in [2.24, 2.45) is 0 Å². The zero-order valence-corrected chi connectivity index (χ0v) is 18.1. The summed E-state index contributed by atoms with van der Waals surface area (Å²) in [6.07, 6.45) is 2.41. The van der Waals surface area contributed by atoms with Crippen molar-refractivity contribution in [1.82, 2.24) is 4.90 Å². The number of unbranched alkanes of at least 4 members (excludes halogenated alkanes) is 1. The van der Waals surface area contributed by atoms with Gasteiger partial charge in [-0.2, -0.15) is 0 Å². The van der Waals surface area contributed by atoms with Gasteiger partial charge >= 0.3 is 0 Å². The number of ether oxygens (including phenoxy) is 1. The quantitative estimate of drug-likeness (QED) is 0.578. The summed E-state index contributed by atoms with van der Waals surface area (Å²) >= 11 is 6.30. The van der Waals surface area contributed by atoms with Crippen molar-refractivity contribution in [3.8, 4) is 5.75 Å². The van der Waals surface area contributed by atoms with E-state index in [1.54, 1.807) is 29.2 Å². The van der Waals surface area contributed by atoms with Crippen LogP contribution in [0.2, 0.25) is 5.02 Å². The normalized spacial score (nSPS) is 17.8. The minimum atomic E-state index is -3.13. The molecule has 1 heterocycles. The molecule has 2 aromatic carbocycles. The largest absolute Gasteiger partial charge is 0.494 e. The lowest BCUT2D eigenvalue weighted by molar-refractivity contribution is 0.0680. The van der Waals surface area contributed by atoms with E-state index in [2.05, 4.69) is 6.92 Å². The molecule has 5 nitrogen and oxygen atoms in total. The molecule has 0 N–H and O–H groups in total. The monoisotopic (exact) mass is 435 g/mol. The number of nitrogens with zero attached hydrogens (tertiary/aromatic N) is 1. The van der Waals surface area contributed by atoms with Gasteiger partial charge < -0.3 is 9.64 Å². The molecule has 1 fully saturated rings. The number of carbonyl (C=O) groups excluding carboxylic acids is 1. The summed E-state index contributed by atoms with van der Waals surface area (Å²) < 4.78 is 29.8. The molecule has 2 aromatic rings. The van der Waals surface area contributed by atoms with Gasteiger partial charge in [0, 0.05) is 23.2 Å². The summed E-state index contributed by atoms with van der Waals surface area (Å²) in [6, 6.07) is 14.0. The van der Waals surface area contributed by atoms with Gasteiger partial charge in [-0.3, -0.25) is 4.79 Å². The molecule has 3 rings (SSSR count). The predicted octanol–water partition coefficient (Wildman–Crippen LogP) is 4.35. The molecule has 0 radical (unpaired) electrons. The lowest BCUT2D eigenvalue weighted by Crippen LogP contribution is -2.40. The topological polar surface area (TPSA) is 63.7 Å². The highest BCUT2D eigenvalue weighted by Crippen LogP contribution is 2.26. The summed E-state index contributed by atoms with van der Waals surface area (Å²) in [5.41, 5.74) is 1.28. The molecule has 7 heteroatoms. The molecule has 1 atom stereocenters. The highest BCUT2D eigenvalue weighted by atomic mass is 35.5. The van der Waals surface area contributed by atoms with Crippen LogP contribution in [0.3, 0.4) is 0 Å². The highest BCUT2D eigenvalue weighted by molar-refractivity contribution is 7.91. The van der Waals surface area contributed by atoms with Crippen LogP contribution in [0.5, 0.6) is 5.75 Å². The third kappa shape index (κ3) is 5.73. The molecule has 0 bridgehead atoms. The van der Waals surface area contributed by atoms with Crippen LogP contribution >= 0.6 is 11.6 Å². The number of hydrogen-bond donors (Lipinski definition) is 0. The fourth-order valence-electron chi connectivity index (χ4n) is 3.42. The molecule has 0 spiro atoms. The Bertz CT molecular complexity index is 961. The Balaban J connectivity index is 1.86. The third-order valence-electron chi connectivity index (χ3n) is 5.06. The lowest BCUT2D eigenvalue weighted by atomic mass is 10.1. The zero-order valence-electron chi connectivity index (χ0n) is 16.5. The molecule has 0 aliphatic carbocycles. The average Bonchev–Trinajstić information content (AvgIpc) is 3.07. The highest BCUT2D eigenvalue weighted by Gasteiger charge is 2.35. The maximum Gasteiger partial charge on any atom is 0.254 e. The second-order valence-electron chi connectivity index (χ2n) is 7.31. The number of halogens is 1. The maximum atomic E-state index is 13.4. The molecule has 0 unspecified atom stereocenters. The van der Waals surface area contributed by atoms with E-state index < -0.39 is 9.84 Å². The Labute approximate surface area is 177 Å². The van der Waals surface area contributed by atoms with Gasteiger partial charge in [0.05, 0.1) is 18.1 Å². The van der Waals surface area contributed by atoms with Crippen LogP contribution in [0.4, 0.5) is 0 Å². The van der Waals surface area contributed by atoms with Gasteiger partial charge in [0.25, 0.3) is 5.91 Å². The minimum Gasteiger partial charge on any atom is -0.494 e. The fourth-order valence-corrected chi connectivity index (χ4v) is 5.34. The van der Waals surface area contributed by atoms with Crippen molar-refractivity contribution in [3.63, 3.8) is 0 Å². The number of amides is 1. The number of benzene rings is 2. The van der Waals surface area contributed by atoms with Crippen molar-refractivity contribution in [1.29, 1.82) is 0 Å². The van der Waals surface area contributed by atoms with Gasteiger partial charge in [0.2, 0.25) is 0 Å². The number of hydrogen-bond acceptors (Lipinski definition) is 4. The van der Waals surface area contributed by atoms with E-state index >= 15 is 0 Å². The minimum absolute atomic E-state index is 0.0180. The Hall–Kier alpha value is -2.05. The first-order valence-electron chi connectivity index (χ1n) is 9.87. The lowest BCUT2D eigenvalue weighted by Gasteiger charge is -2.29. The van der Waals surface area contributed by atoms with Gasteiger partial charge in [-0.1, -0.05) is 49.2 Å². The Morgan fingerprint density at radius 2 is 2.00 bits per heavy atom. The van der Waals surface area contributed by atoms with Crippen molar-refractivity contribution in [2.75, 3.05) is 18.1 Å². The van der Waals surface area contributed by atoms with Crippen LogP contribution in [0.1, 0.15) is 42.1 Å². The SMILES string of the molecule is CCCCOc1cccc(C(=O)N(Cc2ccccc2Cl)[C@H]2CCS(=O)(=O)C2)c1. The molecule has 29 heavy (non-hydrogen) atoms. The standard InChI is InChI=1S/C22H26ClNO4S/c1-2-3-12-28-20-9-6-8-17(14-20)22(25)24(19-11-13-29(26,27)16-19)15-18-7-4-5-10-21(18)23/h4-10,14,19H,2-3,11-13,15-16H2,1H3/t19-/m0/s1. The van der Waals surface area contributed by atoms with Crippen molar-refractivity contribution in [2.45, 2.75) is 38.8 Å². The van der Waals surface area contributed by atoms with Crippen LogP contribution in [0.25, 0.3) is 0 Å². The Kier molecular flexibility index (Phi) is 7.19. The summed E-state index contributed by atoms with van der Waals surface area (Å²) in [4.78, 5) is 15.0. The van der Waals surface area contributed by atoms with E-state index in [1.807, 2.05) is 24.3 Å². The van der Waals surface area contributed by atoms with Crippen LogP contribution in [-0.2, 0) is 16.4 Å². The molecular weight excluding hydrogens is 410 g/mol. The third-order valence-corrected chi connectivity index (χ3v) is 7.18. The summed E-state index contributed by atoms with van der Waals surface area (Å²) in [6.45, 7) is 2.95. The number of sulfone groups is 1. The van der Waals surface area contributed by atoms with E-state index in [9.17, 15) is 13.2 Å². The fraction of sp³-hybridized carbons (Fsp3) is 0.409. The van der Waals surface area contributed by atoms with Crippen LogP contribution < -0.4 is 4.74 Å². The van der Waals surface area contributed by atoms with Crippen molar-refractivity contribution in [3.05, 3.63) is 64.7 Å². The van der Waals surface area contributed by atoms with Gasteiger partial charge in [-0.25, -0.2) is 8.42 Å². The van der Waals surface area contributed by atoms with Gasteiger partial charge in [-0.05, 0) is 42.7 Å². The van der Waals surface area contributed by atoms with Crippen LogP contribution in [0.15, 0.2) is 48.5 Å². The first-order chi connectivity index (χ1) is 13.9. The van der Waals surface area contributed by atoms with Gasteiger partial charge in [0.1, 0.15) is 5.75 Å². The smallest absolute Gasteiger partial charge is 0.254 e. The second kappa shape index (κ2) is 9.63. The zero-order chi connectivity index (χ0) is 20.9. The molecule has 0 aromatic heterocycles. The number of carbonyl (C=O) groups is 1. The first-order valence-corrected chi connectivity index (χ1v) is 12.1. The Morgan fingerprint density at radius 1 is 1.21 bits per heavy atom. The van der Waals surface area contributed by atoms with E-state index in [0.29, 0.717) is 29.4 Å². The molecule has 1 amide bonds. The summed E-state index contributed by atoms with van der Waals surface area (Å²) in [5, 5.41) is 0.558. The molecular formula is C22H26ClNO4S. The average molecular weight is 436 g/mol. The van der Waals surface area contributed by atoms with Crippen molar-refractivity contribution < 1.29 is 17.9 Å². The van der Waals surface area contributed by atoms with E-state index in [4.69, 9.17) is 16.3 Å². The Morgan fingerprint density at radius 3 is 2.69 bits per heavy atom. The first kappa shape index (κ1) is 21.7. The van der Waals surface area contributed by atoms with Crippen LogP contribution in [0, 0.1) is 0 Å². The van der Waals surface area contributed by atoms with E-state index in [1.165, 1.54) is 0 Å². The number of rotatable bonds is 8. The summed E-state index contributed by atoms with van der Waals surface area (Å²) in [5.74, 6) is 0.508. The van der Waals surface area contributed by atoms with Gasteiger partial charge in [-0.15, -0.1) is 0 Å².